The van der Waals surface area contributed by atoms with Crippen LogP contribution in [0.25, 0.3) is 0 Å². The third kappa shape index (κ3) is 1.57. The standard InChI is InChI=1S/C6H8N.O.Pd/c1-6-4-2-3-5-7-6;;/h2-6H,1H3;;/q-1;;+1. The van der Waals surface area contributed by atoms with Gasteiger partial charge in [0.25, 0.3) is 0 Å². The van der Waals surface area contributed by atoms with Gasteiger partial charge in [0.2, 0.25) is 0 Å². The van der Waals surface area contributed by atoms with E-state index in [0.29, 0.717) is 6.04 Å². The second kappa shape index (κ2) is 3.05. The molecule has 1 heterocycles. The molecule has 0 saturated carbocycles. The van der Waals surface area contributed by atoms with Crippen molar-refractivity contribution >= 4 is 0 Å². The van der Waals surface area contributed by atoms with Crippen LogP contribution in [0.4, 0.5) is 0 Å². The summed E-state index contributed by atoms with van der Waals surface area (Å²) in [4.78, 5) is 0. The first kappa shape index (κ1) is 6.86. The first-order chi connectivity index (χ1) is 4.34. The van der Waals surface area contributed by atoms with Crippen molar-refractivity contribution in [3.05, 3.63) is 24.4 Å². The summed E-state index contributed by atoms with van der Waals surface area (Å²) in [7, 11) is 0. The number of allylic oxidation sites excluding steroid dienone is 2. The van der Waals surface area contributed by atoms with Crippen LogP contribution < -0.4 is 0 Å². The Hall–Kier alpha value is -0.258. The molecule has 0 amide bonds. The molecule has 1 aliphatic heterocycles. The molecule has 9 heavy (non-hydrogen) atoms. The van der Waals surface area contributed by atoms with E-state index >= 15 is 0 Å². The van der Waals surface area contributed by atoms with E-state index in [-0.39, 0.29) is 0 Å². The fraction of sp³-hybridized carbons (Fsp3) is 0.333. The first-order valence-electron chi connectivity index (χ1n) is 2.70. The van der Waals surface area contributed by atoms with E-state index in [1.54, 1.807) is 3.53 Å². The van der Waals surface area contributed by atoms with Gasteiger partial charge in [-0.2, -0.15) is 0 Å². The zero-order valence-electron chi connectivity index (χ0n) is 5.06. The molecule has 0 aromatic carbocycles. The minimum absolute atomic E-state index is 0.293. The number of rotatable bonds is 1. The second-order valence-electron chi connectivity index (χ2n) is 1.84. The maximum absolute atomic E-state index is 10.4. The van der Waals surface area contributed by atoms with Crippen molar-refractivity contribution in [3.63, 3.8) is 0 Å². The summed E-state index contributed by atoms with van der Waals surface area (Å²) in [6.07, 6.45) is 7.70. The summed E-state index contributed by atoms with van der Waals surface area (Å²) < 4.78 is 12.2. The van der Waals surface area contributed by atoms with Gasteiger partial charge in [-0.15, -0.1) is 0 Å². The van der Waals surface area contributed by atoms with Crippen LogP contribution in [0.5, 0.6) is 0 Å². The molecule has 1 rings (SSSR count). The number of nitrogens with zero attached hydrogens (tertiary/aromatic N) is 1. The maximum atomic E-state index is 10.4. The molecule has 0 aromatic heterocycles. The van der Waals surface area contributed by atoms with Crippen molar-refractivity contribution < 1.29 is 21.7 Å². The molecular weight excluding hydrogens is 208 g/mol. The van der Waals surface area contributed by atoms with Crippen molar-refractivity contribution in [1.82, 2.24) is 3.53 Å². The van der Waals surface area contributed by atoms with Gasteiger partial charge < -0.3 is 0 Å². The summed E-state index contributed by atoms with van der Waals surface area (Å²) >= 11 is -0.541. The van der Waals surface area contributed by atoms with Gasteiger partial charge in [-0.1, -0.05) is 0 Å². The summed E-state index contributed by atoms with van der Waals surface area (Å²) in [6, 6.07) is 0.293. The van der Waals surface area contributed by atoms with Crippen LogP contribution in [0.15, 0.2) is 24.4 Å². The fourth-order valence-corrected chi connectivity index (χ4v) is 1.26. The molecule has 1 unspecified atom stereocenters. The molecule has 1 aliphatic rings. The van der Waals surface area contributed by atoms with Gasteiger partial charge in [-0.3, -0.25) is 0 Å². The van der Waals surface area contributed by atoms with Gasteiger partial charge in [0.1, 0.15) is 0 Å². The quantitative estimate of drug-likeness (QED) is 0.612. The molecule has 0 fully saturated rings. The average Bonchev–Trinajstić information content (AvgIpc) is 1.89. The molecule has 0 N–H and O–H groups in total. The topological polar surface area (TPSA) is 20.3 Å². The van der Waals surface area contributed by atoms with Crippen molar-refractivity contribution in [2.24, 2.45) is 0 Å². The Kier molecular flexibility index (Phi) is 2.32. The Morgan fingerprint density at radius 2 is 2.33 bits per heavy atom. The van der Waals surface area contributed by atoms with Gasteiger partial charge in [0.15, 0.2) is 0 Å². The number of hydrogen-bond donors (Lipinski definition) is 0. The summed E-state index contributed by atoms with van der Waals surface area (Å²) in [5, 5.41) is 0. The SMILES string of the molecule is CC1C=CC=C[N]1[Pd]=[O]. The Labute approximate surface area is 63.0 Å². The Balaban J connectivity index is 2.65. The Bertz CT molecular complexity index is 164. The molecular formula is C6H8NOPd. The van der Waals surface area contributed by atoms with Crippen LogP contribution in [0.2, 0.25) is 0 Å². The second-order valence-corrected chi connectivity index (χ2v) is 2.92. The predicted octanol–water partition coefficient (Wildman–Crippen LogP) is 1.10. The van der Waals surface area contributed by atoms with E-state index in [4.69, 9.17) is 0 Å². The average molecular weight is 217 g/mol. The molecule has 0 saturated heterocycles. The van der Waals surface area contributed by atoms with E-state index in [2.05, 4.69) is 0 Å². The molecule has 1 atom stereocenters. The Morgan fingerprint density at radius 1 is 1.56 bits per heavy atom. The van der Waals surface area contributed by atoms with E-state index in [9.17, 15) is 3.47 Å². The summed E-state index contributed by atoms with van der Waals surface area (Å²) in [6.45, 7) is 2.01. The Morgan fingerprint density at radius 3 is 2.78 bits per heavy atom. The van der Waals surface area contributed by atoms with Crippen LogP contribution >= 0.6 is 0 Å². The van der Waals surface area contributed by atoms with Gasteiger partial charge >= 0.3 is 62.6 Å². The third-order valence-electron chi connectivity index (χ3n) is 1.15. The van der Waals surface area contributed by atoms with Crippen LogP contribution in [0, 0.1) is 0 Å². The van der Waals surface area contributed by atoms with E-state index < -0.39 is 18.2 Å². The van der Waals surface area contributed by atoms with Crippen LogP contribution in [-0.2, 0) is 21.7 Å². The van der Waals surface area contributed by atoms with Gasteiger partial charge in [-0.05, 0) is 0 Å². The summed E-state index contributed by atoms with van der Waals surface area (Å²) in [5.74, 6) is 0. The van der Waals surface area contributed by atoms with Crippen LogP contribution in [-0.4, -0.2) is 9.58 Å². The fourth-order valence-electron chi connectivity index (χ4n) is 0.636. The zero-order valence-corrected chi connectivity index (χ0v) is 6.61. The van der Waals surface area contributed by atoms with E-state index in [1.807, 2.05) is 31.4 Å². The van der Waals surface area contributed by atoms with Gasteiger partial charge in [0.05, 0.1) is 0 Å². The third-order valence-corrected chi connectivity index (χ3v) is 2.34. The molecule has 53 valence electrons. The molecule has 0 aromatic rings. The zero-order chi connectivity index (χ0) is 6.69. The summed E-state index contributed by atoms with van der Waals surface area (Å²) in [5.41, 5.74) is 0. The first-order valence-corrected chi connectivity index (χ1v) is 4.03. The van der Waals surface area contributed by atoms with E-state index in [1.165, 1.54) is 0 Å². The predicted molar refractivity (Wildman–Crippen MR) is 30.3 cm³/mol. The normalized spacial score (nSPS) is 25.4. The molecule has 3 heteroatoms. The van der Waals surface area contributed by atoms with Gasteiger partial charge in [0, 0.05) is 0 Å². The molecule has 2 nitrogen and oxygen atoms in total. The van der Waals surface area contributed by atoms with Crippen molar-refractivity contribution in [2.75, 3.05) is 0 Å². The van der Waals surface area contributed by atoms with Crippen molar-refractivity contribution in [3.8, 4) is 0 Å². The van der Waals surface area contributed by atoms with Crippen molar-refractivity contribution in [2.45, 2.75) is 13.0 Å². The molecule has 0 bridgehead atoms. The van der Waals surface area contributed by atoms with Crippen LogP contribution in [0.1, 0.15) is 6.92 Å². The van der Waals surface area contributed by atoms with Crippen molar-refractivity contribution in [1.29, 1.82) is 0 Å². The van der Waals surface area contributed by atoms with Gasteiger partial charge in [-0.25, -0.2) is 0 Å². The molecule has 0 aliphatic carbocycles. The minimum atomic E-state index is -0.541. The molecule has 0 spiro atoms. The monoisotopic (exact) mass is 216 g/mol. The number of hydrogen-bond acceptors (Lipinski definition) is 1. The van der Waals surface area contributed by atoms with Crippen LogP contribution in [0.3, 0.4) is 0 Å². The van der Waals surface area contributed by atoms with E-state index in [0.717, 1.165) is 0 Å². The molecule has 0 radical (unpaired) electrons.